The van der Waals surface area contributed by atoms with Crippen molar-refractivity contribution in [1.29, 1.82) is 0 Å². The Morgan fingerprint density at radius 1 is 0.370 bits per heavy atom. The molecule has 0 heterocycles. The first-order valence-corrected chi connectivity index (χ1v) is 21.3. The maximum absolute atomic E-state index is 9.46. The summed E-state index contributed by atoms with van der Waals surface area (Å²) in [4.78, 5) is 0. The number of hydrogen-bond donors (Lipinski definition) is 3. The second-order valence-electron chi connectivity index (χ2n) is 14.0. The molecule has 46 heavy (non-hydrogen) atoms. The van der Waals surface area contributed by atoms with Gasteiger partial charge in [0.05, 0.1) is 0 Å². The van der Waals surface area contributed by atoms with Crippen LogP contribution in [-0.2, 0) is 0 Å². The molecule has 0 saturated heterocycles. The minimum atomic E-state index is -4.94. The molecule has 0 rings (SSSR count). The first-order chi connectivity index (χ1) is 22.2. The Kier molecular flexibility index (Phi) is 41.3. The largest absolute Gasteiger partial charge is 0.222 e. The van der Waals surface area contributed by atoms with E-state index in [9.17, 15) is 10.4 Å². The summed E-state index contributed by atoms with van der Waals surface area (Å²) >= 11 is 0. The summed E-state index contributed by atoms with van der Waals surface area (Å²) in [5, 5.41) is 18.6. The third-order valence-corrected chi connectivity index (χ3v) is 9.40. The van der Waals surface area contributed by atoms with E-state index >= 15 is 0 Å². The van der Waals surface area contributed by atoms with Gasteiger partial charge >= 0.3 is 0 Å². The molecule has 0 aromatic heterocycles. The number of unbranched alkanes of at least 4 members (excludes halogenated alkanes) is 30. The lowest BCUT2D eigenvalue weighted by molar-refractivity contribution is -2.00. The Bertz CT molecular complexity index is 508. The topological polar surface area (TPSA) is 137 Å². The van der Waals surface area contributed by atoms with E-state index in [0.29, 0.717) is 12.5 Å². The Morgan fingerprint density at radius 3 is 0.717 bits per heavy atom. The molecule has 280 valence electrons. The number of nitrogens with one attached hydrogen (secondary N) is 1. The SMILES string of the molecule is CCCCCCCCCCCCCCCCCCC(CCCCCCCCCCCCCCCCCC)C[NH+](O)O.[O-][Cl+3]([O-])([O-])[O-]. The maximum atomic E-state index is 9.46. The first kappa shape index (κ1) is 48.1. The normalized spacial score (nSPS) is 11.9. The molecule has 0 aliphatic heterocycles. The molecule has 0 fully saturated rings. The lowest BCUT2D eigenvalue weighted by Crippen LogP contribution is -3.07. The van der Waals surface area contributed by atoms with Crippen molar-refractivity contribution in [3.05, 3.63) is 0 Å². The van der Waals surface area contributed by atoms with Crippen LogP contribution in [0.5, 0.6) is 0 Å². The van der Waals surface area contributed by atoms with Crippen LogP contribution in [-0.4, -0.2) is 17.0 Å². The first-order valence-electron chi connectivity index (χ1n) is 20.1. The Morgan fingerprint density at radius 2 is 0.543 bits per heavy atom. The molecule has 0 unspecified atom stereocenters. The van der Waals surface area contributed by atoms with Crippen molar-refractivity contribution < 1.29 is 44.5 Å². The molecule has 0 aromatic rings. The van der Waals surface area contributed by atoms with Gasteiger partial charge in [-0.2, -0.15) is 10.4 Å². The monoisotopic (exact) mass is 682 g/mol. The third kappa shape index (κ3) is 50.9. The van der Waals surface area contributed by atoms with Gasteiger partial charge in [-0.3, -0.25) is 0 Å². The molecule has 7 nitrogen and oxygen atoms in total. The van der Waals surface area contributed by atoms with Gasteiger partial charge in [-0.15, -0.1) is 10.2 Å². The Labute approximate surface area is 288 Å². The van der Waals surface area contributed by atoms with Gasteiger partial charge in [-0.1, -0.05) is 225 Å². The number of hydrogen-bond acceptors (Lipinski definition) is 6. The van der Waals surface area contributed by atoms with Crippen molar-refractivity contribution in [2.45, 2.75) is 232 Å². The van der Waals surface area contributed by atoms with E-state index in [1.54, 1.807) is 0 Å². The van der Waals surface area contributed by atoms with Crippen LogP contribution in [0.4, 0.5) is 0 Å². The van der Waals surface area contributed by atoms with Gasteiger partial charge in [0.25, 0.3) is 0 Å². The molecule has 0 saturated carbocycles. The van der Waals surface area contributed by atoms with Crippen molar-refractivity contribution >= 4 is 0 Å². The molecule has 0 aromatic carbocycles. The molecular formula is C38H80ClNO6. The van der Waals surface area contributed by atoms with E-state index in [1.165, 1.54) is 218 Å². The molecular weight excluding hydrogens is 602 g/mol. The minimum Gasteiger partial charge on any atom is -0.222 e. The summed E-state index contributed by atoms with van der Waals surface area (Å²) in [6.45, 7) is 5.09. The van der Waals surface area contributed by atoms with Crippen LogP contribution in [0.15, 0.2) is 0 Å². The van der Waals surface area contributed by atoms with Gasteiger partial charge in [0, 0.05) is 5.92 Å². The molecule has 0 amide bonds. The van der Waals surface area contributed by atoms with Gasteiger partial charge in [0.1, 0.15) is 6.54 Å². The van der Waals surface area contributed by atoms with Gasteiger partial charge in [0.2, 0.25) is 0 Å². The molecule has 0 spiro atoms. The summed E-state index contributed by atoms with van der Waals surface area (Å²) in [7, 11) is -4.94. The highest BCUT2D eigenvalue weighted by atomic mass is 35.7. The van der Waals surface area contributed by atoms with Crippen LogP contribution in [0.3, 0.4) is 0 Å². The van der Waals surface area contributed by atoms with Gasteiger partial charge in [-0.25, -0.2) is 18.6 Å². The Balaban J connectivity index is 0. The number of hydroxylamine groups is 2. The highest BCUT2D eigenvalue weighted by molar-refractivity contribution is 4.60. The molecule has 8 heteroatoms. The number of rotatable bonds is 36. The zero-order chi connectivity index (χ0) is 34.4. The molecule has 0 aliphatic rings. The van der Waals surface area contributed by atoms with E-state index in [0.717, 1.165) is 0 Å². The van der Waals surface area contributed by atoms with Crippen LogP contribution < -0.4 is 23.9 Å². The summed E-state index contributed by atoms with van der Waals surface area (Å²) in [6.07, 6.45) is 47.4. The Hall–Kier alpha value is 0.01000. The average Bonchev–Trinajstić information content (AvgIpc) is 2.99. The van der Waals surface area contributed by atoms with E-state index in [2.05, 4.69) is 13.8 Å². The van der Waals surface area contributed by atoms with Crippen LogP contribution in [0, 0.1) is 16.2 Å². The van der Waals surface area contributed by atoms with E-state index in [1.807, 2.05) is 0 Å². The average molecular weight is 683 g/mol. The fourth-order valence-corrected chi connectivity index (χ4v) is 6.57. The lowest BCUT2D eigenvalue weighted by atomic mass is 9.94. The van der Waals surface area contributed by atoms with E-state index < -0.39 is 10.2 Å². The summed E-state index contributed by atoms with van der Waals surface area (Å²) in [5.41, 5.74) is 0. The second kappa shape index (κ2) is 39.4. The lowest BCUT2D eigenvalue weighted by Gasteiger charge is -2.17. The highest BCUT2D eigenvalue weighted by Crippen LogP contribution is 2.20. The molecule has 0 aliphatic carbocycles. The summed E-state index contributed by atoms with van der Waals surface area (Å²) < 4.78 is 34.0. The van der Waals surface area contributed by atoms with Crippen molar-refractivity contribution in [3.63, 3.8) is 0 Å². The summed E-state index contributed by atoms with van der Waals surface area (Å²) in [5.74, 6) is 0.471. The van der Waals surface area contributed by atoms with Crippen molar-refractivity contribution in [1.82, 2.24) is 0 Å². The van der Waals surface area contributed by atoms with Crippen LogP contribution in [0.25, 0.3) is 0 Å². The zero-order valence-electron chi connectivity index (χ0n) is 30.7. The zero-order valence-corrected chi connectivity index (χ0v) is 31.5. The molecule has 3 N–H and O–H groups in total. The van der Waals surface area contributed by atoms with Crippen molar-refractivity contribution in [3.8, 4) is 0 Å². The van der Waals surface area contributed by atoms with Gasteiger partial charge < -0.3 is 0 Å². The second-order valence-corrected chi connectivity index (χ2v) is 14.8. The summed E-state index contributed by atoms with van der Waals surface area (Å²) in [6, 6.07) is 0. The molecule has 0 atom stereocenters. The smallest absolute Gasteiger partial charge is 0.142 e. The predicted octanol–water partition coefficient (Wildman–Crippen LogP) is 7.81. The maximum Gasteiger partial charge on any atom is 0.142 e. The number of quaternary nitrogens is 1. The molecule has 0 bridgehead atoms. The van der Waals surface area contributed by atoms with E-state index in [-0.39, 0.29) is 5.23 Å². The third-order valence-electron chi connectivity index (χ3n) is 9.40. The fraction of sp³-hybridized carbons (Fsp3) is 1.00. The van der Waals surface area contributed by atoms with Crippen LogP contribution in [0.2, 0.25) is 0 Å². The highest BCUT2D eigenvalue weighted by Gasteiger charge is 2.14. The van der Waals surface area contributed by atoms with Crippen molar-refractivity contribution in [2.24, 2.45) is 5.92 Å². The fourth-order valence-electron chi connectivity index (χ4n) is 6.57. The van der Waals surface area contributed by atoms with Crippen LogP contribution in [0.1, 0.15) is 232 Å². The predicted molar refractivity (Wildman–Crippen MR) is 181 cm³/mol. The van der Waals surface area contributed by atoms with Crippen LogP contribution >= 0.6 is 0 Å². The standard InChI is InChI=1S/C38H79NO2.ClHO4/c1-3-5-7-9-11-13-15-17-19-21-23-25-27-29-31-33-35-38(37-39(40)41)36-34-32-30-28-26-24-22-20-18-16-14-12-10-8-6-4-2;2-1(3,4)5/h38,40-41H,3-37H2,1-2H3;(H,2,3,4,5). The van der Waals surface area contributed by atoms with E-state index in [4.69, 9.17) is 18.6 Å². The van der Waals surface area contributed by atoms with Gasteiger partial charge in [-0.05, 0) is 12.8 Å². The molecule has 0 radical (unpaired) electrons. The quantitative estimate of drug-likeness (QED) is 0.0456. The minimum absolute atomic E-state index is 0.344. The van der Waals surface area contributed by atoms with Gasteiger partial charge in [0.15, 0.2) is 0 Å². The van der Waals surface area contributed by atoms with Crippen molar-refractivity contribution in [2.75, 3.05) is 6.54 Å². The number of halogens is 1.